The third kappa shape index (κ3) is 2.09. The van der Waals surface area contributed by atoms with E-state index in [-0.39, 0.29) is 5.75 Å². The summed E-state index contributed by atoms with van der Waals surface area (Å²) in [7, 11) is 1.60. The number of benzene rings is 1. The Morgan fingerprint density at radius 2 is 2.29 bits per heavy atom. The maximum absolute atomic E-state index is 10.9. The Bertz CT molecular complexity index is 548. The van der Waals surface area contributed by atoms with Crippen LogP contribution in [0.5, 0.6) is 5.75 Å². The number of aliphatic carboxylic acids is 1. The van der Waals surface area contributed by atoms with Gasteiger partial charge in [-0.3, -0.25) is 4.79 Å². The molecule has 0 saturated carbocycles. The highest BCUT2D eigenvalue weighted by molar-refractivity contribution is 5.89. The first-order valence-corrected chi connectivity index (χ1v) is 5.31. The van der Waals surface area contributed by atoms with Crippen molar-refractivity contribution in [1.82, 2.24) is 10.3 Å². The fourth-order valence-corrected chi connectivity index (χ4v) is 1.93. The predicted molar refractivity (Wildman–Crippen MR) is 64.2 cm³/mol. The average molecular weight is 234 g/mol. The molecule has 1 aromatic carbocycles. The number of carboxylic acids is 1. The maximum atomic E-state index is 10.9. The molecule has 1 aromatic heterocycles. The topological polar surface area (TPSA) is 85.4 Å². The van der Waals surface area contributed by atoms with Crippen LogP contribution >= 0.6 is 0 Å². The lowest BCUT2D eigenvalue weighted by atomic mass is 10.0. The first-order valence-electron chi connectivity index (χ1n) is 5.31. The molecule has 1 atom stereocenters. The number of carbonyl (C=O) groups is 1. The van der Waals surface area contributed by atoms with E-state index in [1.54, 1.807) is 25.4 Å². The number of carboxylic acid groups (broad SMARTS) is 1. The fourth-order valence-electron chi connectivity index (χ4n) is 1.93. The van der Waals surface area contributed by atoms with Crippen molar-refractivity contribution in [3.05, 3.63) is 30.0 Å². The van der Waals surface area contributed by atoms with Crippen LogP contribution < -0.4 is 5.32 Å². The summed E-state index contributed by atoms with van der Waals surface area (Å²) in [6.45, 7) is 0. The van der Waals surface area contributed by atoms with E-state index < -0.39 is 12.0 Å². The van der Waals surface area contributed by atoms with Crippen LogP contribution in [-0.4, -0.2) is 34.3 Å². The monoisotopic (exact) mass is 234 g/mol. The summed E-state index contributed by atoms with van der Waals surface area (Å²) >= 11 is 0. The van der Waals surface area contributed by atoms with Crippen molar-refractivity contribution in [2.45, 2.75) is 12.5 Å². The molecular weight excluding hydrogens is 220 g/mol. The number of phenols is 1. The Labute approximate surface area is 98.1 Å². The number of likely N-dealkylation sites (N-methyl/N-ethyl adjacent to an activating group) is 1. The third-order valence-corrected chi connectivity index (χ3v) is 2.84. The van der Waals surface area contributed by atoms with Gasteiger partial charge in [-0.05, 0) is 24.7 Å². The highest BCUT2D eigenvalue weighted by Crippen LogP contribution is 2.28. The van der Waals surface area contributed by atoms with Gasteiger partial charge >= 0.3 is 5.97 Å². The molecule has 0 aliphatic heterocycles. The first kappa shape index (κ1) is 11.5. The van der Waals surface area contributed by atoms with Gasteiger partial charge in [0.1, 0.15) is 11.8 Å². The molecule has 0 amide bonds. The minimum Gasteiger partial charge on any atom is -0.507 e. The predicted octanol–water partition coefficient (Wildman–Crippen LogP) is 1.09. The van der Waals surface area contributed by atoms with Gasteiger partial charge in [-0.15, -0.1) is 0 Å². The molecule has 0 aliphatic carbocycles. The lowest BCUT2D eigenvalue weighted by Crippen LogP contribution is -2.35. The van der Waals surface area contributed by atoms with Gasteiger partial charge in [-0.1, -0.05) is 6.07 Å². The highest BCUT2D eigenvalue weighted by atomic mass is 16.4. The van der Waals surface area contributed by atoms with E-state index in [1.165, 1.54) is 0 Å². The zero-order valence-electron chi connectivity index (χ0n) is 9.40. The molecule has 2 aromatic rings. The summed E-state index contributed by atoms with van der Waals surface area (Å²) < 4.78 is 0. The number of hydrogen-bond donors (Lipinski definition) is 4. The number of rotatable bonds is 4. The first-order chi connectivity index (χ1) is 8.13. The second-order valence-corrected chi connectivity index (χ2v) is 3.90. The van der Waals surface area contributed by atoms with Gasteiger partial charge in [0.2, 0.25) is 0 Å². The summed E-state index contributed by atoms with van der Waals surface area (Å²) in [4.78, 5) is 14.0. The average Bonchev–Trinajstić information content (AvgIpc) is 2.70. The van der Waals surface area contributed by atoms with Crippen molar-refractivity contribution in [3.8, 4) is 5.75 Å². The molecule has 90 valence electrons. The van der Waals surface area contributed by atoms with E-state index in [2.05, 4.69) is 10.3 Å². The van der Waals surface area contributed by atoms with Gasteiger partial charge in [0, 0.05) is 23.5 Å². The van der Waals surface area contributed by atoms with Crippen LogP contribution in [0.15, 0.2) is 24.4 Å². The highest BCUT2D eigenvalue weighted by Gasteiger charge is 2.18. The fraction of sp³-hybridized carbons (Fsp3) is 0.250. The Balaban J connectivity index is 2.39. The van der Waals surface area contributed by atoms with Crippen LogP contribution in [0.25, 0.3) is 10.9 Å². The molecule has 5 nitrogen and oxygen atoms in total. The molecule has 5 heteroatoms. The van der Waals surface area contributed by atoms with E-state index in [0.717, 1.165) is 11.1 Å². The quantitative estimate of drug-likeness (QED) is 0.638. The maximum Gasteiger partial charge on any atom is 0.321 e. The van der Waals surface area contributed by atoms with Gasteiger partial charge in [-0.25, -0.2) is 0 Å². The molecule has 0 radical (unpaired) electrons. The van der Waals surface area contributed by atoms with Gasteiger partial charge in [0.05, 0.1) is 0 Å². The summed E-state index contributed by atoms with van der Waals surface area (Å²) in [5.74, 6) is -0.740. The van der Waals surface area contributed by atoms with Crippen molar-refractivity contribution in [1.29, 1.82) is 0 Å². The van der Waals surface area contributed by atoms with Gasteiger partial charge < -0.3 is 20.5 Å². The Morgan fingerprint density at radius 1 is 1.53 bits per heavy atom. The van der Waals surface area contributed by atoms with E-state index in [1.807, 2.05) is 6.07 Å². The van der Waals surface area contributed by atoms with E-state index >= 15 is 0 Å². The van der Waals surface area contributed by atoms with Crippen LogP contribution in [0.1, 0.15) is 5.56 Å². The molecule has 2 rings (SSSR count). The second-order valence-electron chi connectivity index (χ2n) is 3.90. The van der Waals surface area contributed by atoms with E-state index in [9.17, 15) is 9.90 Å². The van der Waals surface area contributed by atoms with Crippen molar-refractivity contribution in [3.63, 3.8) is 0 Å². The summed E-state index contributed by atoms with van der Waals surface area (Å²) in [6.07, 6.45) is 2.06. The van der Waals surface area contributed by atoms with Crippen LogP contribution in [0, 0.1) is 0 Å². The Morgan fingerprint density at radius 3 is 2.94 bits per heavy atom. The number of hydrogen-bond acceptors (Lipinski definition) is 3. The van der Waals surface area contributed by atoms with Gasteiger partial charge in [-0.2, -0.15) is 0 Å². The molecular formula is C12H14N2O3. The molecule has 4 N–H and O–H groups in total. The van der Waals surface area contributed by atoms with Gasteiger partial charge in [0.25, 0.3) is 0 Å². The molecule has 1 unspecified atom stereocenters. The Hall–Kier alpha value is -2.01. The van der Waals surface area contributed by atoms with E-state index in [0.29, 0.717) is 11.8 Å². The van der Waals surface area contributed by atoms with Gasteiger partial charge in [0.15, 0.2) is 0 Å². The molecule has 0 spiro atoms. The minimum absolute atomic E-state index is 0.166. The largest absolute Gasteiger partial charge is 0.507 e. The minimum atomic E-state index is -0.905. The molecule has 0 aliphatic rings. The number of nitrogens with one attached hydrogen (secondary N) is 2. The molecule has 1 heterocycles. The summed E-state index contributed by atoms with van der Waals surface area (Å²) in [5, 5.41) is 22.2. The smallest absolute Gasteiger partial charge is 0.321 e. The second kappa shape index (κ2) is 4.47. The third-order valence-electron chi connectivity index (χ3n) is 2.84. The lowest BCUT2D eigenvalue weighted by Gasteiger charge is -2.10. The SMILES string of the molecule is CNC(Cc1c[nH]c2cccc(O)c12)C(=O)O. The number of phenolic OH excluding ortho intramolecular Hbond substituents is 1. The number of aromatic hydroxyl groups is 1. The van der Waals surface area contributed by atoms with Crippen molar-refractivity contribution >= 4 is 16.9 Å². The normalized spacial score (nSPS) is 12.8. The van der Waals surface area contributed by atoms with Crippen molar-refractivity contribution in [2.75, 3.05) is 7.05 Å². The van der Waals surface area contributed by atoms with Crippen LogP contribution in [0.3, 0.4) is 0 Å². The molecule has 0 saturated heterocycles. The van der Waals surface area contributed by atoms with Crippen molar-refractivity contribution < 1.29 is 15.0 Å². The van der Waals surface area contributed by atoms with Crippen molar-refractivity contribution in [2.24, 2.45) is 0 Å². The van der Waals surface area contributed by atoms with Crippen LogP contribution in [-0.2, 0) is 11.2 Å². The molecule has 0 bridgehead atoms. The van der Waals surface area contributed by atoms with Crippen LogP contribution in [0.2, 0.25) is 0 Å². The molecule has 0 fully saturated rings. The number of fused-ring (bicyclic) bond motifs is 1. The van der Waals surface area contributed by atoms with E-state index in [4.69, 9.17) is 5.11 Å². The zero-order chi connectivity index (χ0) is 12.4. The molecule has 17 heavy (non-hydrogen) atoms. The summed E-state index contributed by atoms with van der Waals surface area (Å²) in [5.41, 5.74) is 1.60. The lowest BCUT2D eigenvalue weighted by molar-refractivity contribution is -0.139. The number of aromatic amines is 1. The zero-order valence-corrected chi connectivity index (χ0v) is 9.40. The summed E-state index contributed by atoms with van der Waals surface area (Å²) in [6, 6.07) is 4.52. The Kier molecular flexibility index (Phi) is 3.01. The standard InChI is InChI=1S/C12H14N2O3/c1-13-9(12(16)17)5-7-6-14-8-3-2-4-10(15)11(7)8/h2-4,6,9,13-15H,5H2,1H3,(H,16,17). The van der Waals surface area contributed by atoms with Crippen LogP contribution in [0.4, 0.5) is 0 Å². The number of aromatic nitrogens is 1. The number of H-pyrrole nitrogens is 1.